The van der Waals surface area contributed by atoms with Gasteiger partial charge < -0.3 is 4.90 Å². The summed E-state index contributed by atoms with van der Waals surface area (Å²) in [5, 5.41) is 0. The van der Waals surface area contributed by atoms with Crippen molar-refractivity contribution < 1.29 is 0 Å². The van der Waals surface area contributed by atoms with Crippen LogP contribution in [0.25, 0.3) is 0 Å². The Hall–Kier alpha value is -0.500. The highest BCUT2D eigenvalue weighted by Gasteiger charge is 2.15. The summed E-state index contributed by atoms with van der Waals surface area (Å²) >= 11 is 3.62. The second-order valence-corrected chi connectivity index (χ2v) is 4.94. The zero-order valence-electron chi connectivity index (χ0n) is 8.81. The van der Waals surface area contributed by atoms with Gasteiger partial charge in [-0.15, -0.1) is 0 Å². The summed E-state index contributed by atoms with van der Waals surface area (Å²) in [6, 6.07) is 4.49. The van der Waals surface area contributed by atoms with Gasteiger partial charge in [0.05, 0.1) is 0 Å². The smallest absolute Gasteiger partial charge is 0.0409 e. The normalized spacial score (nSPS) is 16.4. The maximum atomic E-state index is 3.62. The molecule has 2 rings (SSSR count). The first kappa shape index (κ1) is 10.0. The van der Waals surface area contributed by atoms with Crippen LogP contribution in [0.2, 0.25) is 0 Å². The molecular formula is C12H16BrN. The molecule has 0 aromatic heterocycles. The highest BCUT2D eigenvalue weighted by molar-refractivity contribution is 9.10. The number of nitrogens with zero attached hydrogens (tertiary/aromatic N) is 1. The van der Waals surface area contributed by atoms with Crippen molar-refractivity contribution in [3.05, 3.63) is 27.7 Å². The molecule has 0 spiro atoms. The third-order valence-electron chi connectivity index (χ3n) is 2.91. The average Bonchev–Trinajstić information content (AvgIpc) is 2.63. The molecule has 0 radical (unpaired) electrons. The molecule has 1 nitrogen and oxygen atoms in total. The van der Waals surface area contributed by atoms with E-state index < -0.39 is 0 Å². The Morgan fingerprint density at radius 3 is 2.43 bits per heavy atom. The summed E-state index contributed by atoms with van der Waals surface area (Å²) in [6.45, 7) is 6.79. The zero-order chi connectivity index (χ0) is 10.1. The van der Waals surface area contributed by atoms with Gasteiger partial charge in [-0.1, -0.05) is 15.9 Å². The summed E-state index contributed by atoms with van der Waals surface area (Å²) in [5.41, 5.74) is 4.12. The van der Waals surface area contributed by atoms with Crippen LogP contribution in [0.15, 0.2) is 16.6 Å². The van der Waals surface area contributed by atoms with Crippen molar-refractivity contribution in [2.24, 2.45) is 0 Å². The predicted octanol–water partition coefficient (Wildman–Crippen LogP) is 3.67. The molecule has 1 heterocycles. The molecule has 0 N–H and O–H groups in total. The molecule has 1 aromatic carbocycles. The van der Waals surface area contributed by atoms with Crippen molar-refractivity contribution in [1.82, 2.24) is 0 Å². The van der Waals surface area contributed by atoms with Gasteiger partial charge in [0.25, 0.3) is 0 Å². The van der Waals surface area contributed by atoms with Gasteiger partial charge in [-0.2, -0.15) is 0 Å². The Morgan fingerprint density at radius 1 is 1.14 bits per heavy atom. The number of aryl methyl sites for hydroxylation is 1. The van der Waals surface area contributed by atoms with Crippen LogP contribution in [0.3, 0.4) is 0 Å². The fourth-order valence-electron chi connectivity index (χ4n) is 2.08. The summed E-state index contributed by atoms with van der Waals surface area (Å²) in [7, 11) is 0. The molecule has 1 saturated heterocycles. The van der Waals surface area contributed by atoms with E-state index in [0.29, 0.717) is 0 Å². The van der Waals surface area contributed by atoms with Crippen molar-refractivity contribution in [3.8, 4) is 0 Å². The summed E-state index contributed by atoms with van der Waals surface area (Å²) in [5.74, 6) is 0. The zero-order valence-corrected chi connectivity index (χ0v) is 10.4. The van der Waals surface area contributed by atoms with Crippen LogP contribution in [-0.2, 0) is 0 Å². The third kappa shape index (κ3) is 1.81. The Balaban J connectivity index is 2.40. The molecule has 2 heteroatoms. The lowest BCUT2D eigenvalue weighted by atomic mass is 10.1. The first-order chi connectivity index (χ1) is 6.68. The van der Waals surface area contributed by atoms with E-state index in [0.717, 1.165) is 0 Å². The number of hydrogen-bond acceptors (Lipinski definition) is 1. The molecule has 1 aliphatic rings. The predicted molar refractivity (Wildman–Crippen MR) is 65.1 cm³/mol. The second kappa shape index (κ2) is 3.93. The molecule has 1 fully saturated rings. The van der Waals surface area contributed by atoms with Crippen LogP contribution in [0.4, 0.5) is 5.69 Å². The Bertz CT molecular complexity index is 340. The van der Waals surface area contributed by atoms with E-state index in [1.165, 1.54) is 47.2 Å². The van der Waals surface area contributed by atoms with Gasteiger partial charge in [0, 0.05) is 23.2 Å². The van der Waals surface area contributed by atoms with E-state index in [1.807, 2.05) is 0 Å². The van der Waals surface area contributed by atoms with Gasteiger partial charge in [0.1, 0.15) is 0 Å². The second-order valence-electron chi connectivity index (χ2n) is 4.09. The fraction of sp³-hybridized carbons (Fsp3) is 0.500. The molecule has 1 aromatic rings. The molecular weight excluding hydrogens is 238 g/mol. The number of benzene rings is 1. The molecule has 0 aliphatic carbocycles. The Morgan fingerprint density at radius 2 is 1.79 bits per heavy atom. The highest BCUT2D eigenvalue weighted by Crippen LogP contribution is 2.30. The van der Waals surface area contributed by atoms with E-state index in [9.17, 15) is 0 Å². The van der Waals surface area contributed by atoms with Gasteiger partial charge >= 0.3 is 0 Å². The largest absolute Gasteiger partial charge is 0.371 e. The molecule has 14 heavy (non-hydrogen) atoms. The van der Waals surface area contributed by atoms with Crippen molar-refractivity contribution in [2.45, 2.75) is 26.7 Å². The molecule has 0 bridgehead atoms. The molecule has 76 valence electrons. The molecule has 0 atom stereocenters. The summed E-state index contributed by atoms with van der Waals surface area (Å²) < 4.78 is 1.24. The topological polar surface area (TPSA) is 3.24 Å². The standard InChI is InChI=1S/C12H16BrN/c1-9-7-11(13)10(2)12(8-9)14-5-3-4-6-14/h7-8H,3-6H2,1-2H3. The van der Waals surface area contributed by atoms with E-state index in [2.05, 4.69) is 46.8 Å². The Kier molecular flexibility index (Phi) is 2.82. The van der Waals surface area contributed by atoms with Gasteiger partial charge in [-0.05, 0) is 49.9 Å². The van der Waals surface area contributed by atoms with E-state index in [-0.39, 0.29) is 0 Å². The highest BCUT2D eigenvalue weighted by atomic mass is 79.9. The van der Waals surface area contributed by atoms with Crippen LogP contribution in [0.1, 0.15) is 24.0 Å². The van der Waals surface area contributed by atoms with Crippen molar-refractivity contribution in [1.29, 1.82) is 0 Å². The average molecular weight is 254 g/mol. The minimum Gasteiger partial charge on any atom is -0.371 e. The minimum atomic E-state index is 1.22. The van der Waals surface area contributed by atoms with Crippen molar-refractivity contribution >= 4 is 21.6 Å². The van der Waals surface area contributed by atoms with Crippen LogP contribution >= 0.6 is 15.9 Å². The van der Waals surface area contributed by atoms with Crippen molar-refractivity contribution in [3.63, 3.8) is 0 Å². The van der Waals surface area contributed by atoms with Gasteiger partial charge in [0.2, 0.25) is 0 Å². The fourth-order valence-corrected chi connectivity index (χ4v) is 2.65. The minimum absolute atomic E-state index is 1.22. The molecule has 0 amide bonds. The van der Waals surface area contributed by atoms with Crippen LogP contribution in [0, 0.1) is 13.8 Å². The monoisotopic (exact) mass is 253 g/mol. The quantitative estimate of drug-likeness (QED) is 0.739. The van der Waals surface area contributed by atoms with Crippen LogP contribution < -0.4 is 4.90 Å². The SMILES string of the molecule is Cc1cc(Br)c(C)c(N2CCCC2)c1. The molecule has 0 unspecified atom stereocenters. The number of rotatable bonds is 1. The number of hydrogen-bond donors (Lipinski definition) is 0. The molecule has 0 saturated carbocycles. The first-order valence-corrected chi connectivity index (χ1v) is 5.99. The van der Waals surface area contributed by atoms with E-state index >= 15 is 0 Å². The van der Waals surface area contributed by atoms with E-state index in [1.54, 1.807) is 0 Å². The Labute approximate surface area is 94.2 Å². The van der Waals surface area contributed by atoms with Gasteiger partial charge in [0.15, 0.2) is 0 Å². The summed E-state index contributed by atoms with van der Waals surface area (Å²) in [4.78, 5) is 2.49. The number of halogens is 1. The lowest BCUT2D eigenvalue weighted by Crippen LogP contribution is -2.18. The van der Waals surface area contributed by atoms with Crippen LogP contribution in [-0.4, -0.2) is 13.1 Å². The molecule has 1 aliphatic heterocycles. The maximum absolute atomic E-state index is 3.62. The van der Waals surface area contributed by atoms with Gasteiger partial charge in [-0.25, -0.2) is 0 Å². The maximum Gasteiger partial charge on any atom is 0.0409 e. The lowest BCUT2D eigenvalue weighted by Gasteiger charge is -2.21. The first-order valence-electron chi connectivity index (χ1n) is 5.20. The summed E-state index contributed by atoms with van der Waals surface area (Å²) in [6.07, 6.45) is 2.68. The van der Waals surface area contributed by atoms with Crippen molar-refractivity contribution in [2.75, 3.05) is 18.0 Å². The van der Waals surface area contributed by atoms with Gasteiger partial charge in [-0.3, -0.25) is 0 Å². The number of anilines is 1. The van der Waals surface area contributed by atoms with Crippen LogP contribution in [0.5, 0.6) is 0 Å². The lowest BCUT2D eigenvalue weighted by molar-refractivity contribution is 0.949. The van der Waals surface area contributed by atoms with E-state index in [4.69, 9.17) is 0 Å². The third-order valence-corrected chi connectivity index (χ3v) is 3.73.